The third kappa shape index (κ3) is 4.36. The average Bonchev–Trinajstić information content (AvgIpc) is 3.46. The highest BCUT2D eigenvalue weighted by atomic mass is 35.5. The van der Waals surface area contributed by atoms with E-state index in [0.29, 0.717) is 17.4 Å². The van der Waals surface area contributed by atoms with Crippen molar-refractivity contribution in [2.24, 2.45) is 0 Å². The van der Waals surface area contributed by atoms with Crippen LogP contribution in [0.4, 0.5) is 14.6 Å². The number of benzene rings is 1. The van der Waals surface area contributed by atoms with E-state index >= 15 is 0 Å². The summed E-state index contributed by atoms with van der Waals surface area (Å²) in [5.41, 5.74) is 0.782. The second kappa shape index (κ2) is 8.74. The molecule has 1 fully saturated rings. The Balaban J connectivity index is 1.34. The second-order valence-corrected chi connectivity index (χ2v) is 8.35. The zero-order valence-corrected chi connectivity index (χ0v) is 18.0. The molecule has 33 heavy (non-hydrogen) atoms. The zero-order chi connectivity index (χ0) is 22.9. The first-order chi connectivity index (χ1) is 16.0. The van der Waals surface area contributed by atoms with Gasteiger partial charge < -0.3 is 15.6 Å². The standard InChI is InChI=1S/C21H19ClF2N8O/c22-10-4-13-14(7-25-17(13)15(23)5-10)18-26-8-16(24)19(31-18)29-11-2-1-3-12(6-11)30-21(33)20-27-9-28-32-20/h4-5,7-9,11-12,25H,1-3,6H2,(H,30,33)(H,26,29,31)(H,27,28,32)/t11-,12+/m0/s1. The molecule has 12 heteroatoms. The molecule has 9 nitrogen and oxygen atoms in total. The smallest absolute Gasteiger partial charge is 0.288 e. The number of carbonyl (C=O) groups is 1. The Bertz CT molecular complexity index is 1310. The quantitative estimate of drug-likeness (QED) is 0.350. The number of aromatic nitrogens is 6. The molecule has 0 bridgehead atoms. The molecule has 4 aromatic rings. The highest BCUT2D eigenvalue weighted by Gasteiger charge is 2.26. The first kappa shape index (κ1) is 21.3. The summed E-state index contributed by atoms with van der Waals surface area (Å²) < 4.78 is 28.7. The van der Waals surface area contributed by atoms with Crippen LogP contribution in [-0.2, 0) is 0 Å². The molecule has 1 aliphatic carbocycles. The molecule has 0 saturated heterocycles. The van der Waals surface area contributed by atoms with Gasteiger partial charge in [-0.2, -0.15) is 5.10 Å². The van der Waals surface area contributed by atoms with Gasteiger partial charge in [-0.25, -0.2) is 23.7 Å². The molecule has 170 valence electrons. The van der Waals surface area contributed by atoms with Crippen LogP contribution in [0.15, 0.2) is 30.9 Å². The van der Waals surface area contributed by atoms with Gasteiger partial charge in [0.25, 0.3) is 5.91 Å². The van der Waals surface area contributed by atoms with Gasteiger partial charge in [0.1, 0.15) is 12.1 Å². The van der Waals surface area contributed by atoms with E-state index in [-0.39, 0.29) is 46.0 Å². The van der Waals surface area contributed by atoms with Crippen LogP contribution in [0.5, 0.6) is 0 Å². The Morgan fingerprint density at radius 2 is 2.00 bits per heavy atom. The molecule has 0 aliphatic heterocycles. The zero-order valence-electron chi connectivity index (χ0n) is 17.2. The first-order valence-corrected chi connectivity index (χ1v) is 10.8. The van der Waals surface area contributed by atoms with Crippen molar-refractivity contribution in [2.75, 3.05) is 5.32 Å². The summed E-state index contributed by atoms with van der Waals surface area (Å²) in [4.78, 5) is 27.4. The SMILES string of the molecule is O=C(N[C@@H]1CCC[C@H](Nc2nc(-c3c[nH]c4c(F)cc(Cl)cc34)ncc2F)C1)c1ncn[nH]1. The van der Waals surface area contributed by atoms with Crippen LogP contribution in [0.3, 0.4) is 0 Å². The number of amides is 1. The van der Waals surface area contributed by atoms with Crippen LogP contribution >= 0.6 is 11.6 Å². The lowest BCUT2D eigenvalue weighted by atomic mass is 9.91. The van der Waals surface area contributed by atoms with Crippen molar-refractivity contribution < 1.29 is 13.6 Å². The number of halogens is 3. The van der Waals surface area contributed by atoms with Crippen molar-refractivity contribution in [3.63, 3.8) is 0 Å². The lowest BCUT2D eigenvalue weighted by Gasteiger charge is -2.30. The predicted molar refractivity (Wildman–Crippen MR) is 118 cm³/mol. The average molecular weight is 473 g/mol. The van der Waals surface area contributed by atoms with E-state index in [1.807, 2.05) is 0 Å². The Morgan fingerprint density at radius 3 is 2.82 bits per heavy atom. The molecule has 0 spiro atoms. The fraction of sp³-hybridized carbons (Fsp3) is 0.286. The Morgan fingerprint density at radius 1 is 1.15 bits per heavy atom. The number of nitrogens with one attached hydrogen (secondary N) is 4. The van der Waals surface area contributed by atoms with E-state index in [0.717, 1.165) is 25.5 Å². The van der Waals surface area contributed by atoms with Crippen LogP contribution in [-0.4, -0.2) is 48.1 Å². The number of fused-ring (bicyclic) bond motifs is 1. The molecule has 2 atom stereocenters. The third-order valence-electron chi connectivity index (χ3n) is 5.67. The molecule has 4 N–H and O–H groups in total. The highest BCUT2D eigenvalue weighted by molar-refractivity contribution is 6.31. The summed E-state index contributed by atoms with van der Waals surface area (Å²) in [6.07, 6.45) is 6.95. The summed E-state index contributed by atoms with van der Waals surface area (Å²) in [5, 5.41) is 13.0. The molecule has 1 saturated carbocycles. The molecule has 5 rings (SSSR count). The topological polar surface area (TPSA) is 124 Å². The summed E-state index contributed by atoms with van der Waals surface area (Å²) >= 11 is 6.00. The Hall–Kier alpha value is -3.60. The van der Waals surface area contributed by atoms with E-state index in [2.05, 4.69) is 40.8 Å². The number of aromatic amines is 2. The van der Waals surface area contributed by atoms with Gasteiger partial charge in [-0.3, -0.25) is 9.89 Å². The number of anilines is 1. The molecular weight excluding hydrogens is 454 g/mol. The van der Waals surface area contributed by atoms with Crippen molar-refractivity contribution in [3.8, 4) is 11.4 Å². The van der Waals surface area contributed by atoms with Crippen molar-refractivity contribution in [2.45, 2.75) is 37.8 Å². The molecule has 3 aromatic heterocycles. The van der Waals surface area contributed by atoms with Gasteiger partial charge in [-0.1, -0.05) is 11.6 Å². The van der Waals surface area contributed by atoms with Crippen LogP contribution in [0.25, 0.3) is 22.3 Å². The van der Waals surface area contributed by atoms with Gasteiger partial charge in [-0.15, -0.1) is 0 Å². The van der Waals surface area contributed by atoms with E-state index in [9.17, 15) is 13.6 Å². The van der Waals surface area contributed by atoms with Gasteiger partial charge in [-0.05, 0) is 37.8 Å². The van der Waals surface area contributed by atoms with Gasteiger partial charge in [0.05, 0.1) is 11.7 Å². The van der Waals surface area contributed by atoms with E-state index in [1.54, 1.807) is 12.3 Å². The van der Waals surface area contributed by atoms with E-state index in [1.165, 1.54) is 12.4 Å². The number of nitrogens with zero attached hydrogens (tertiary/aromatic N) is 4. The van der Waals surface area contributed by atoms with Crippen LogP contribution in [0, 0.1) is 11.6 Å². The van der Waals surface area contributed by atoms with Crippen molar-refractivity contribution in [3.05, 3.63) is 53.3 Å². The number of hydrogen-bond acceptors (Lipinski definition) is 6. The summed E-state index contributed by atoms with van der Waals surface area (Å²) in [7, 11) is 0. The van der Waals surface area contributed by atoms with Crippen LogP contribution in [0.2, 0.25) is 5.02 Å². The molecule has 1 aliphatic rings. The minimum absolute atomic E-state index is 0.0454. The van der Waals surface area contributed by atoms with Gasteiger partial charge in [0.15, 0.2) is 17.5 Å². The molecule has 1 amide bonds. The minimum atomic E-state index is -0.601. The molecule has 0 unspecified atom stereocenters. The molecular formula is C21H19ClF2N8O. The maximum absolute atomic E-state index is 14.5. The first-order valence-electron chi connectivity index (χ1n) is 10.4. The van der Waals surface area contributed by atoms with Gasteiger partial charge >= 0.3 is 0 Å². The van der Waals surface area contributed by atoms with Gasteiger partial charge in [0, 0.05) is 34.3 Å². The number of hydrogen-bond donors (Lipinski definition) is 4. The van der Waals surface area contributed by atoms with E-state index < -0.39 is 11.6 Å². The number of carbonyl (C=O) groups excluding carboxylic acids is 1. The summed E-state index contributed by atoms with van der Waals surface area (Å²) in [5.74, 6) is -1.01. The maximum atomic E-state index is 14.5. The second-order valence-electron chi connectivity index (χ2n) is 7.92. The van der Waals surface area contributed by atoms with Gasteiger partial charge in [0.2, 0.25) is 5.82 Å². The monoisotopic (exact) mass is 472 g/mol. The lowest BCUT2D eigenvalue weighted by molar-refractivity contribution is 0.0916. The maximum Gasteiger partial charge on any atom is 0.288 e. The van der Waals surface area contributed by atoms with Crippen molar-refractivity contribution >= 4 is 34.2 Å². The predicted octanol–water partition coefficient (Wildman–Crippen LogP) is 3.83. The third-order valence-corrected chi connectivity index (χ3v) is 5.89. The minimum Gasteiger partial charge on any atom is -0.365 e. The van der Waals surface area contributed by atoms with Crippen LogP contribution < -0.4 is 10.6 Å². The lowest BCUT2D eigenvalue weighted by Crippen LogP contribution is -2.42. The Kier molecular flexibility index (Phi) is 5.63. The Labute approximate surface area is 191 Å². The van der Waals surface area contributed by atoms with E-state index in [4.69, 9.17) is 11.6 Å². The molecule has 3 heterocycles. The molecule has 1 aromatic carbocycles. The normalized spacial score (nSPS) is 18.4. The summed E-state index contributed by atoms with van der Waals surface area (Å²) in [6, 6.07) is 2.61. The fourth-order valence-electron chi connectivity index (χ4n) is 4.15. The van der Waals surface area contributed by atoms with Crippen molar-refractivity contribution in [1.82, 2.24) is 35.5 Å². The van der Waals surface area contributed by atoms with Crippen molar-refractivity contribution in [1.29, 1.82) is 0 Å². The fourth-order valence-corrected chi connectivity index (χ4v) is 4.36. The number of rotatable bonds is 5. The molecule has 0 radical (unpaired) electrons. The summed E-state index contributed by atoms with van der Waals surface area (Å²) in [6.45, 7) is 0. The largest absolute Gasteiger partial charge is 0.365 e. The number of H-pyrrole nitrogens is 2. The van der Waals surface area contributed by atoms with Crippen LogP contribution in [0.1, 0.15) is 36.3 Å². The highest BCUT2D eigenvalue weighted by Crippen LogP contribution is 2.31.